The van der Waals surface area contributed by atoms with E-state index >= 15 is 0 Å². The van der Waals surface area contributed by atoms with Crippen LogP contribution in [0.25, 0.3) is 0 Å². The number of carbonyl (C=O) groups is 1. The Kier molecular flexibility index (Phi) is 6.06. The Morgan fingerprint density at radius 1 is 1.48 bits per heavy atom. The van der Waals surface area contributed by atoms with Crippen LogP contribution in [0.5, 0.6) is 5.75 Å². The van der Waals surface area contributed by atoms with Gasteiger partial charge in [-0.05, 0) is 59.9 Å². The van der Waals surface area contributed by atoms with Gasteiger partial charge in [-0.2, -0.15) is 0 Å². The molecule has 0 aromatic heterocycles. The molecule has 0 bridgehead atoms. The van der Waals surface area contributed by atoms with Crippen molar-refractivity contribution in [1.29, 1.82) is 0 Å². The van der Waals surface area contributed by atoms with Gasteiger partial charge in [0.15, 0.2) is 0 Å². The Morgan fingerprint density at radius 3 is 2.95 bits per heavy atom. The molecule has 116 valence electrons. The number of esters is 1. The van der Waals surface area contributed by atoms with Gasteiger partial charge in [-0.25, -0.2) is 0 Å². The van der Waals surface area contributed by atoms with E-state index in [4.69, 9.17) is 9.47 Å². The molecule has 1 atom stereocenters. The zero-order chi connectivity index (χ0) is 15.2. The smallest absolute Gasteiger partial charge is 0.310 e. The number of piperidine rings is 1. The second-order valence-corrected chi connectivity index (χ2v) is 6.15. The van der Waals surface area contributed by atoms with Crippen molar-refractivity contribution in [2.45, 2.75) is 26.3 Å². The van der Waals surface area contributed by atoms with Gasteiger partial charge in [0.1, 0.15) is 5.75 Å². The van der Waals surface area contributed by atoms with E-state index in [2.05, 4.69) is 33.0 Å². The molecule has 0 unspecified atom stereocenters. The van der Waals surface area contributed by atoms with E-state index in [1.54, 1.807) is 7.11 Å². The molecule has 5 heteroatoms. The summed E-state index contributed by atoms with van der Waals surface area (Å²) in [5, 5.41) is 0. The van der Waals surface area contributed by atoms with E-state index in [0.29, 0.717) is 6.61 Å². The van der Waals surface area contributed by atoms with Crippen LogP contribution in [0.1, 0.15) is 25.3 Å². The highest BCUT2D eigenvalue weighted by Gasteiger charge is 2.26. The summed E-state index contributed by atoms with van der Waals surface area (Å²) in [6, 6.07) is 6.11. The summed E-state index contributed by atoms with van der Waals surface area (Å²) in [7, 11) is 1.66. The summed E-state index contributed by atoms with van der Waals surface area (Å²) in [5.41, 5.74) is 1.21. The van der Waals surface area contributed by atoms with Gasteiger partial charge in [-0.1, -0.05) is 6.07 Å². The van der Waals surface area contributed by atoms with Crippen molar-refractivity contribution in [3.8, 4) is 5.75 Å². The molecular formula is C16H22BrNO3. The van der Waals surface area contributed by atoms with Gasteiger partial charge in [-0.15, -0.1) is 0 Å². The number of carbonyl (C=O) groups excluding carboxylic acids is 1. The van der Waals surface area contributed by atoms with Crippen molar-refractivity contribution in [3.63, 3.8) is 0 Å². The predicted molar refractivity (Wildman–Crippen MR) is 85.3 cm³/mol. The summed E-state index contributed by atoms with van der Waals surface area (Å²) >= 11 is 3.51. The number of nitrogens with zero attached hydrogens (tertiary/aromatic N) is 1. The number of hydrogen-bond acceptors (Lipinski definition) is 4. The van der Waals surface area contributed by atoms with Crippen LogP contribution >= 0.6 is 15.9 Å². The molecule has 1 fully saturated rings. The number of ether oxygens (including phenoxy) is 2. The first-order chi connectivity index (χ1) is 10.1. The van der Waals surface area contributed by atoms with Gasteiger partial charge in [0, 0.05) is 13.1 Å². The van der Waals surface area contributed by atoms with Crippen LogP contribution in [0, 0.1) is 5.92 Å². The fourth-order valence-electron chi connectivity index (χ4n) is 2.72. The molecule has 2 rings (SSSR count). The maximum absolute atomic E-state index is 11.9. The summed E-state index contributed by atoms with van der Waals surface area (Å²) in [6.45, 7) is 4.97. The molecule has 1 heterocycles. The monoisotopic (exact) mass is 355 g/mol. The van der Waals surface area contributed by atoms with Crippen LogP contribution in [-0.2, 0) is 16.1 Å². The first-order valence-corrected chi connectivity index (χ1v) is 8.14. The third-order valence-electron chi connectivity index (χ3n) is 3.75. The van der Waals surface area contributed by atoms with Gasteiger partial charge in [0.2, 0.25) is 0 Å². The lowest BCUT2D eigenvalue weighted by Gasteiger charge is -2.31. The molecule has 1 aromatic carbocycles. The third-order valence-corrected chi connectivity index (χ3v) is 4.37. The Balaban J connectivity index is 1.96. The number of halogens is 1. The Labute approximate surface area is 134 Å². The van der Waals surface area contributed by atoms with Gasteiger partial charge in [0.25, 0.3) is 0 Å². The van der Waals surface area contributed by atoms with E-state index in [9.17, 15) is 4.79 Å². The molecule has 1 aromatic rings. The SMILES string of the molecule is CCOC(=O)[C@H]1CCCN(Cc2ccc(OC)c(Br)c2)C1. The average molecular weight is 356 g/mol. The average Bonchev–Trinajstić information content (AvgIpc) is 2.48. The molecule has 0 spiro atoms. The van der Waals surface area contributed by atoms with Crippen molar-refractivity contribution < 1.29 is 14.3 Å². The highest BCUT2D eigenvalue weighted by Crippen LogP contribution is 2.27. The van der Waals surface area contributed by atoms with E-state index in [1.807, 2.05) is 13.0 Å². The zero-order valence-electron chi connectivity index (χ0n) is 12.6. The van der Waals surface area contributed by atoms with Crippen molar-refractivity contribution >= 4 is 21.9 Å². The highest BCUT2D eigenvalue weighted by atomic mass is 79.9. The van der Waals surface area contributed by atoms with Gasteiger partial charge in [0.05, 0.1) is 24.1 Å². The molecule has 0 amide bonds. The molecule has 1 saturated heterocycles. The van der Waals surface area contributed by atoms with Gasteiger partial charge in [-0.3, -0.25) is 9.69 Å². The molecule has 0 N–H and O–H groups in total. The lowest BCUT2D eigenvalue weighted by atomic mass is 9.97. The maximum Gasteiger partial charge on any atom is 0.310 e. The van der Waals surface area contributed by atoms with E-state index in [1.165, 1.54) is 5.56 Å². The molecule has 0 aliphatic carbocycles. The Bertz CT molecular complexity index is 492. The second-order valence-electron chi connectivity index (χ2n) is 5.30. The van der Waals surface area contributed by atoms with Crippen LogP contribution in [0.4, 0.5) is 0 Å². The van der Waals surface area contributed by atoms with Crippen molar-refractivity contribution in [2.24, 2.45) is 5.92 Å². The highest BCUT2D eigenvalue weighted by molar-refractivity contribution is 9.10. The zero-order valence-corrected chi connectivity index (χ0v) is 14.2. The summed E-state index contributed by atoms with van der Waals surface area (Å²) in [4.78, 5) is 14.2. The maximum atomic E-state index is 11.9. The molecule has 0 saturated carbocycles. The molecule has 1 aliphatic rings. The standard InChI is InChI=1S/C16H22BrNO3/c1-3-21-16(19)13-5-4-8-18(11-13)10-12-6-7-15(20-2)14(17)9-12/h6-7,9,13H,3-5,8,10-11H2,1-2H3/t13-/m0/s1. The predicted octanol–water partition coefficient (Wildman–Crippen LogP) is 3.23. The minimum absolute atomic E-state index is 0.0142. The molecule has 4 nitrogen and oxygen atoms in total. The van der Waals surface area contributed by atoms with Crippen LogP contribution in [0.3, 0.4) is 0 Å². The lowest BCUT2D eigenvalue weighted by molar-refractivity contribution is -0.150. The van der Waals surface area contributed by atoms with Crippen LogP contribution in [0.15, 0.2) is 22.7 Å². The fourth-order valence-corrected chi connectivity index (χ4v) is 3.31. The third kappa shape index (κ3) is 4.45. The quantitative estimate of drug-likeness (QED) is 0.760. The minimum Gasteiger partial charge on any atom is -0.496 e. The first-order valence-electron chi connectivity index (χ1n) is 7.35. The minimum atomic E-state index is -0.0573. The summed E-state index contributed by atoms with van der Waals surface area (Å²) in [6.07, 6.45) is 1.97. The molecule has 21 heavy (non-hydrogen) atoms. The number of benzene rings is 1. The van der Waals surface area contributed by atoms with Crippen molar-refractivity contribution in [2.75, 3.05) is 26.8 Å². The van der Waals surface area contributed by atoms with Crippen molar-refractivity contribution in [3.05, 3.63) is 28.2 Å². The van der Waals surface area contributed by atoms with Crippen LogP contribution < -0.4 is 4.74 Å². The largest absolute Gasteiger partial charge is 0.496 e. The van der Waals surface area contributed by atoms with E-state index in [0.717, 1.165) is 42.7 Å². The molecule has 1 aliphatic heterocycles. The number of rotatable bonds is 5. The van der Waals surface area contributed by atoms with E-state index in [-0.39, 0.29) is 11.9 Å². The van der Waals surface area contributed by atoms with Crippen molar-refractivity contribution in [1.82, 2.24) is 4.90 Å². The Morgan fingerprint density at radius 2 is 2.29 bits per heavy atom. The molecular weight excluding hydrogens is 334 g/mol. The lowest BCUT2D eigenvalue weighted by Crippen LogP contribution is -2.38. The topological polar surface area (TPSA) is 38.8 Å². The van der Waals surface area contributed by atoms with E-state index < -0.39 is 0 Å². The van der Waals surface area contributed by atoms with Crippen LogP contribution in [0.2, 0.25) is 0 Å². The number of hydrogen-bond donors (Lipinski definition) is 0. The summed E-state index contributed by atoms with van der Waals surface area (Å²) < 4.78 is 11.3. The molecule has 0 radical (unpaired) electrons. The number of likely N-dealkylation sites (tertiary alicyclic amines) is 1. The number of methoxy groups -OCH3 is 1. The van der Waals surface area contributed by atoms with Gasteiger partial charge < -0.3 is 9.47 Å². The normalized spacial score (nSPS) is 19.3. The fraction of sp³-hybridized carbons (Fsp3) is 0.562. The second kappa shape index (κ2) is 7.80. The first kappa shape index (κ1) is 16.3. The Hall–Kier alpha value is -1.07. The van der Waals surface area contributed by atoms with Crippen LogP contribution in [-0.4, -0.2) is 37.7 Å². The van der Waals surface area contributed by atoms with Gasteiger partial charge >= 0.3 is 5.97 Å². The summed E-state index contributed by atoms with van der Waals surface area (Å²) in [5.74, 6) is 0.792.